The van der Waals surface area contributed by atoms with Crippen LogP contribution in [0.1, 0.15) is 13.3 Å². The average molecular weight is 147 g/mol. The second-order valence-electron chi connectivity index (χ2n) is 2.22. The van der Waals surface area contributed by atoms with Crippen LogP contribution in [0.4, 0.5) is 0 Å². The highest BCUT2D eigenvalue weighted by Gasteiger charge is 1.97. The zero-order chi connectivity index (χ0) is 8.10. The Balaban J connectivity index is 2.92. The van der Waals surface area contributed by atoms with Crippen LogP contribution in [0, 0.1) is 0 Å². The molecule has 0 bridgehead atoms. The van der Waals surface area contributed by atoms with E-state index in [1.54, 1.807) is 18.5 Å². The molecule has 0 amide bonds. The molecule has 0 saturated carbocycles. The number of hydrogen-bond acceptors (Lipinski definition) is 2. The highest BCUT2D eigenvalue weighted by molar-refractivity contribution is 5.96. The molecule has 0 spiro atoms. The van der Waals surface area contributed by atoms with Crippen LogP contribution in [-0.4, -0.2) is 12.0 Å². The number of allylic oxidation sites excluding steroid dienone is 2. The summed E-state index contributed by atoms with van der Waals surface area (Å²) in [5.41, 5.74) is 3.48. The molecule has 1 heterocycles. The van der Waals surface area contributed by atoms with Crippen molar-refractivity contribution in [2.45, 2.75) is 13.3 Å². The van der Waals surface area contributed by atoms with Crippen LogP contribution >= 0.6 is 0 Å². The van der Waals surface area contributed by atoms with Crippen LogP contribution in [0.2, 0.25) is 0 Å². The Morgan fingerprint density at radius 2 is 2.55 bits per heavy atom. The third-order valence-corrected chi connectivity index (χ3v) is 1.31. The molecule has 0 aromatic heterocycles. The average Bonchev–Trinajstić information content (AvgIpc) is 1.84. The van der Waals surface area contributed by atoms with Crippen LogP contribution in [0.15, 0.2) is 34.6 Å². The number of hydrogen-bond donors (Lipinski definition) is 0. The van der Waals surface area contributed by atoms with E-state index in [-0.39, 0.29) is 5.78 Å². The molecule has 0 radical (unpaired) electrons. The van der Waals surface area contributed by atoms with Crippen LogP contribution in [0.5, 0.6) is 0 Å². The van der Waals surface area contributed by atoms with Gasteiger partial charge in [0.25, 0.3) is 0 Å². The molecule has 2 nitrogen and oxygen atoms in total. The minimum atomic E-state index is 0.0185. The van der Waals surface area contributed by atoms with Crippen LogP contribution in [0.3, 0.4) is 0 Å². The lowest BCUT2D eigenvalue weighted by Crippen LogP contribution is -1.92. The first kappa shape index (κ1) is 7.70. The van der Waals surface area contributed by atoms with E-state index in [0.717, 1.165) is 6.42 Å². The van der Waals surface area contributed by atoms with Gasteiger partial charge in [0, 0.05) is 24.4 Å². The molecule has 0 aromatic carbocycles. The maximum Gasteiger partial charge on any atom is 0.161 e. The lowest BCUT2D eigenvalue weighted by atomic mass is 10.2. The Labute approximate surface area is 65.6 Å². The molecule has 0 aliphatic carbocycles. The van der Waals surface area contributed by atoms with Crippen molar-refractivity contribution in [1.29, 1.82) is 0 Å². The van der Waals surface area contributed by atoms with Gasteiger partial charge < -0.3 is 0 Å². The van der Waals surface area contributed by atoms with E-state index in [1.807, 2.05) is 6.08 Å². The number of carbonyl (C=O) groups excluding carboxylic acids is 1. The SMILES string of the molecule is CC(=O)/C1=C/N=CCC=C=C1. The van der Waals surface area contributed by atoms with Gasteiger partial charge in [0.15, 0.2) is 5.78 Å². The molecule has 1 aliphatic heterocycles. The van der Waals surface area contributed by atoms with Crippen molar-refractivity contribution in [3.8, 4) is 0 Å². The molecule has 0 unspecified atom stereocenters. The smallest absolute Gasteiger partial charge is 0.161 e. The minimum Gasteiger partial charge on any atom is -0.294 e. The Kier molecular flexibility index (Phi) is 2.59. The summed E-state index contributed by atoms with van der Waals surface area (Å²) in [6.45, 7) is 1.52. The molecular formula is C9H9NO. The van der Waals surface area contributed by atoms with Crippen LogP contribution in [0.25, 0.3) is 0 Å². The van der Waals surface area contributed by atoms with Crippen molar-refractivity contribution in [3.05, 3.63) is 29.7 Å². The highest BCUT2D eigenvalue weighted by atomic mass is 16.1. The van der Waals surface area contributed by atoms with E-state index in [9.17, 15) is 4.79 Å². The second kappa shape index (κ2) is 3.69. The standard InChI is InChI=1S/C9H9NO/c1-8(11)9-5-3-2-4-6-10-7-9/h2,5-7H,4H2,1H3/b9-7+,10-6?. The number of nitrogens with zero attached hydrogens (tertiary/aromatic N) is 1. The lowest BCUT2D eigenvalue weighted by Gasteiger charge is -1.91. The van der Waals surface area contributed by atoms with Gasteiger partial charge in [-0.3, -0.25) is 9.79 Å². The zero-order valence-corrected chi connectivity index (χ0v) is 6.37. The van der Waals surface area contributed by atoms with Gasteiger partial charge in [-0.1, -0.05) is 0 Å². The van der Waals surface area contributed by atoms with Gasteiger partial charge in [0.05, 0.1) is 0 Å². The summed E-state index contributed by atoms with van der Waals surface area (Å²) in [7, 11) is 0. The first-order chi connectivity index (χ1) is 5.30. The normalized spacial score (nSPS) is 20.3. The van der Waals surface area contributed by atoms with E-state index >= 15 is 0 Å². The Morgan fingerprint density at radius 1 is 1.73 bits per heavy atom. The van der Waals surface area contributed by atoms with Crippen LogP contribution in [-0.2, 0) is 4.79 Å². The van der Waals surface area contributed by atoms with E-state index in [0.29, 0.717) is 5.57 Å². The fourth-order valence-electron chi connectivity index (χ4n) is 0.693. The van der Waals surface area contributed by atoms with Crippen molar-refractivity contribution in [2.75, 3.05) is 0 Å². The summed E-state index contributed by atoms with van der Waals surface area (Å²) in [6, 6.07) is 0. The number of ketones is 1. The van der Waals surface area contributed by atoms with Crippen molar-refractivity contribution in [2.24, 2.45) is 4.99 Å². The molecule has 0 atom stereocenters. The maximum atomic E-state index is 10.8. The monoisotopic (exact) mass is 147 g/mol. The van der Waals surface area contributed by atoms with Gasteiger partial charge in [-0.2, -0.15) is 0 Å². The fraction of sp³-hybridized carbons (Fsp3) is 0.222. The third-order valence-electron chi connectivity index (χ3n) is 1.31. The van der Waals surface area contributed by atoms with Gasteiger partial charge in [-0.15, -0.1) is 5.73 Å². The van der Waals surface area contributed by atoms with Gasteiger partial charge in [-0.25, -0.2) is 0 Å². The van der Waals surface area contributed by atoms with E-state index in [1.165, 1.54) is 6.92 Å². The number of aliphatic imine (C=N–C) groups is 1. The second-order valence-corrected chi connectivity index (χ2v) is 2.22. The van der Waals surface area contributed by atoms with Crippen molar-refractivity contribution in [1.82, 2.24) is 0 Å². The summed E-state index contributed by atoms with van der Waals surface area (Å²) in [5.74, 6) is 0.0185. The molecule has 56 valence electrons. The van der Waals surface area contributed by atoms with E-state index in [4.69, 9.17) is 0 Å². The molecule has 0 aromatic rings. The molecule has 0 N–H and O–H groups in total. The maximum absolute atomic E-state index is 10.8. The quantitative estimate of drug-likeness (QED) is 0.518. The summed E-state index contributed by atoms with van der Waals surface area (Å²) >= 11 is 0. The summed E-state index contributed by atoms with van der Waals surface area (Å²) in [4.78, 5) is 14.8. The summed E-state index contributed by atoms with van der Waals surface area (Å²) < 4.78 is 0. The first-order valence-electron chi connectivity index (χ1n) is 3.44. The molecule has 1 rings (SSSR count). The molecule has 11 heavy (non-hydrogen) atoms. The summed E-state index contributed by atoms with van der Waals surface area (Å²) in [5, 5.41) is 0. The molecule has 1 aliphatic rings. The van der Waals surface area contributed by atoms with Crippen molar-refractivity contribution < 1.29 is 4.79 Å². The van der Waals surface area contributed by atoms with E-state index < -0.39 is 0 Å². The highest BCUT2D eigenvalue weighted by Crippen LogP contribution is 1.99. The van der Waals surface area contributed by atoms with E-state index in [2.05, 4.69) is 10.7 Å². The van der Waals surface area contributed by atoms with Gasteiger partial charge in [0.1, 0.15) is 0 Å². The van der Waals surface area contributed by atoms with Gasteiger partial charge in [0.2, 0.25) is 0 Å². The number of carbonyl (C=O) groups is 1. The largest absolute Gasteiger partial charge is 0.294 e. The van der Waals surface area contributed by atoms with Crippen molar-refractivity contribution >= 4 is 12.0 Å². The number of Topliss-reactive ketones (excluding diaryl/α,β-unsaturated/α-hetero) is 1. The summed E-state index contributed by atoms with van der Waals surface area (Å²) in [6.07, 6.45) is 7.56. The fourth-order valence-corrected chi connectivity index (χ4v) is 0.693. The predicted molar refractivity (Wildman–Crippen MR) is 44.5 cm³/mol. The molecule has 2 heteroatoms. The Bertz CT molecular complexity index is 278. The predicted octanol–water partition coefficient (Wildman–Crippen LogP) is 1.65. The Hall–Kier alpha value is -1.40. The first-order valence-corrected chi connectivity index (χ1v) is 3.44. The lowest BCUT2D eigenvalue weighted by molar-refractivity contribution is -0.113. The minimum absolute atomic E-state index is 0.0185. The zero-order valence-electron chi connectivity index (χ0n) is 6.37. The van der Waals surface area contributed by atoms with Crippen molar-refractivity contribution in [3.63, 3.8) is 0 Å². The van der Waals surface area contributed by atoms with Crippen LogP contribution < -0.4 is 0 Å². The molecule has 0 saturated heterocycles. The van der Waals surface area contributed by atoms with Gasteiger partial charge >= 0.3 is 0 Å². The number of rotatable bonds is 1. The Morgan fingerprint density at radius 3 is 3.27 bits per heavy atom. The van der Waals surface area contributed by atoms with Gasteiger partial charge in [-0.05, 0) is 19.1 Å². The topological polar surface area (TPSA) is 29.4 Å². The third kappa shape index (κ3) is 2.36. The molecule has 0 fully saturated rings. The molecular weight excluding hydrogens is 138 g/mol.